The summed E-state index contributed by atoms with van der Waals surface area (Å²) in [6.07, 6.45) is 2.55. The first-order valence-electron chi connectivity index (χ1n) is 9.22. The second kappa shape index (κ2) is 9.05. The summed E-state index contributed by atoms with van der Waals surface area (Å²) in [6, 6.07) is 13.1. The lowest BCUT2D eigenvalue weighted by atomic mass is 9.97. The first-order valence-corrected chi connectivity index (χ1v) is 9.22. The van der Waals surface area contributed by atoms with Crippen molar-refractivity contribution < 1.29 is 19.1 Å². The van der Waals surface area contributed by atoms with Gasteiger partial charge in [-0.05, 0) is 40.8 Å². The molecule has 3 aromatic rings. The first-order chi connectivity index (χ1) is 14.0. The van der Waals surface area contributed by atoms with Crippen LogP contribution in [0.15, 0.2) is 54.4 Å². The molecule has 0 spiro atoms. The van der Waals surface area contributed by atoms with Crippen molar-refractivity contribution in [3.05, 3.63) is 71.0 Å². The van der Waals surface area contributed by atoms with Gasteiger partial charge in [0.25, 0.3) is 0 Å². The smallest absolute Gasteiger partial charge is 0.412 e. The van der Waals surface area contributed by atoms with Crippen molar-refractivity contribution >= 4 is 29.0 Å². The van der Waals surface area contributed by atoms with Crippen molar-refractivity contribution in [1.29, 1.82) is 0 Å². The Labute approximate surface area is 168 Å². The van der Waals surface area contributed by atoms with Gasteiger partial charge in [0.2, 0.25) is 0 Å². The summed E-state index contributed by atoms with van der Waals surface area (Å²) in [5.74, 6) is -0.420. The molecule has 1 aromatic heterocycles. The lowest BCUT2D eigenvalue weighted by molar-refractivity contribution is -0.136. The number of hydrogen-bond donors (Lipinski definition) is 2. The van der Waals surface area contributed by atoms with Crippen molar-refractivity contribution in [3.63, 3.8) is 0 Å². The number of nitrogens with one attached hydrogen (secondary N) is 2. The Hall–Kier alpha value is -3.61. The number of hydrogen-bond acceptors (Lipinski definition) is 5. The Morgan fingerprint density at radius 1 is 1.21 bits per heavy atom. The van der Waals surface area contributed by atoms with Gasteiger partial charge in [-0.2, -0.15) is 5.10 Å². The average molecular weight is 393 g/mol. The fourth-order valence-corrected chi connectivity index (χ4v) is 2.94. The van der Waals surface area contributed by atoms with Crippen molar-refractivity contribution in [1.82, 2.24) is 15.5 Å². The molecule has 1 heterocycles. The van der Waals surface area contributed by atoms with Gasteiger partial charge >= 0.3 is 12.1 Å². The van der Waals surface area contributed by atoms with E-state index in [0.29, 0.717) is 0 Å². The molecule has 0 aliphatic rings. The van der Waals surface area contributed by atoms with Gasteiger partial charge in [-0.15, -0.1) is 0 Å². The molecule has 2 N–H and O–H groups in total. The number of methoxy groups -OCH3 is 1. The van der Waals surface area contributed by atoms with Crippen molar-refractivity contribution in [3.8, 4) is 0 Å². The molecule has 0 fully saturated rings. The number of nitrogens with zero attached hydrogens (tertiary/aromatic N) is 1. The highest BCUT2D eigenvalue weighted by Gasteiger charge is 2.16. The van der Waals surface area contributed by atoms with E-state index < -0.39 is 12.1 Å². The number of H-pyrrole nitrogens is 1. The van der Waals surface area contributed by atoms with E-state index in [9.17, 15) is 9.59 Å². The Balaban J connectivity index is 1.83. The number of rotatable bonds is 6. The number of benzene rings is 2. The number of aromatic amines is 1. The lowest BCUT2D eigenvalue weighted by Gasteiger charge is -2.11. The summed E-state index contributed by atoms with van der Waals surface area (Å²) in [5, 5.41) is 10.5. The van der Waals surface area contributed by atoms with E-state index in [1.165, 1.54) is 7.11 Å². The molecule has 0 radical (unpaired) electrons. The third-order valence-corrected chi connectivity index (χ3v) is 4.39. The zero-order chi connectivity index (χ0) is 20.8. The molecule has 0 unspecified atom stereocenters. The fourth-order valence-electron chi connectivity index (χ4n) is 2.94. The van der Waals surface area contributed by atoms with Gasteiger partial charge in [-0.25, -0.2) is 9.59 Å². The summed E-state index contributed by atoms with van der Waals surface area (Å²) in [5.41, 5.74) is 3.59. The number of amides is 1. The number of esters is 1. The zero-order valence-electron chi connectivity index (χ0n) is 16.6. The highest BCUT2D eigenvalue weighted by atomic mass is 16.6. The maximum atomic E-state index is 12.2. The second-order valence-electron chi connectivity index (χ2n) is 6.84. The molecule has 3 rings (SSSR count). The van der Waals surface area contributed by atoms with Gasteiger partial charge < -0.3 is 9.47 Å². The van der Waals surface area contributed by atoms with Crippen LogP contribution in [0.3, 0.4) is 0 Å². The number of carbonyl (C=O) groups is 2. The minimum Gasteiger partial charge on any atom is -0.464 e. The van der Waals surface area contributed by atoms with E-state index in [1.54, 1.807) is 12.3 Å². The third kappa shape index (κ3) is 5.01. The summed E-state index contributed by atoms with van der Waals surface area (Å²) in [7, 11) is 1.26. The summed E-state index contributed by atoms with van der Waals surface area (Å²) in [4.78, 5) is 24.4. The molecular formula is C22H23N3O4. The van der Waals surface area contributed by atoms with Gasteiger partial charge in [-0.3, -0.25) is 10.4 Å². The van der Waals surface area contributed by atoms with Crippen LogP contribution in [-0.2, 0) is 20.9 Å². The Morgan fingerprint density at radius 2 is 1.97 bits per heavy atom. The number of fused-ring (bicyclic) bond motifs is 1. The summed E-state index contributed by atoms with van der Waals surface area (Å²) in [6.45, 7) is 4.24. The molecule has 1 amide bonds. The minimum atomic E-state index is -0.737. The van der Waals surface area contributed by atoms with Crippen LogP contribution in [0.5, 0.6) is 0 Å². The number of aromatic nitrogens is 2. The highest BCUT2D eigenvalue weighted by Crippen LogP contribution is 2.26. The molecule has 7 heteroatoms. The van der Waals surface area contributed by atoms with Crippen LogP contribution in [0.4, 0.5) is 4.79 Å². The van der Waals surface area contributed by atoms with Crippen molar-refractivity contribution in [2.45, 2.75) is 26.4 Å². The van der Waals surface area contributed by atoms with E-state index in [2.05, 4.69) is 29.4 Å². The predicted octanol–water partition coefficient (Wildman–Crippen LogP) is 4.13. The minimum absolute atomic E-state index is 0.0110. The molecule has 29 heavy (non-hydrogen) atoms. The Morgan fingerprint density at radius 3 is 2.66 bits per heavy atom. The monoisotopic (exact) mass is 393 g/mol. The Bertz CT molecular complexity index is 1040. The third-order valence-electron chi connectivity index (χ3n) is 4.39. The standard InChI is InChI=1S/C22H23N3O4/c1-14(2)18-10-16(9-17-12-23-25-20(17)18)11-19(21(26)28-3)24-22(27)29-13-15-7-5-4-6-8-15/h4-12,14H,13H2,1-3H3,(H,23,25)(H,24,27)/b19-11-. The van der Waals surface area contributed by atoms with E-state index in [4.69, 9.17) is 9.47 Å². The summed E-state index contributed by atoms with van der Waals surface area (Å²) < 4.78 is 10.00. The van der Waals surface area contributed by atoms with Crippen LogP contribution in [0, 0.1) is 0 Å². The quantitative estimate of drug-likeness (QED) is 0.485. The maximum absolute atomic E-state index is 12.2. The SMILES string of the molecule is COC(=O)/C(=C/c1cc(C(C)C)c2[nH]ncc2c1)NC(=O)OCc1ccccc1. The van der Waals surface area contributed by atoms with E-state index in [-0.39, 0.29) is 18.2 Å². The van der Waals surface area contributed by atoms with Crippen molar-refractivity contribution in [2.24, 2.45) is 0 Å². The van der Waals surface area contributed by atoms with Crippen LogP contribution in [0.25, 0.3) is 17.0 Å². The van der Waals surface area contributed by atoms with Gasteiger partial charge in [0, 0.05) is 5.39 Å². The van der Waals surface area contributed by atoms with Crippen LogP contribution in [-0.4, -0.2) is 29.4 Å². The van der Waals surface area contributed by atoms with Gasteiger partial charge in [0.05, 0.1) is 18.8 Å². The molecular weight excluding hydrogens is 370 g/mol. The average Bonchev–Trinajstić information content (AvgIpc) is 3.19. The zero-order valence-corrected chi connectivity index (χ0v) is 16.6. The topological polar surface area (TPSA) is 93.3 Å². The van der Waals surface area contributed by atoms with Crippen molar-refractivity contribution in [2.75, 3.05) is 7.11 Å². The largest absolute Gasteiger partial charge is 0.464 e. The molecule has 0 bridgehead atoms. The highest BCUT2D eigenvalue weighted by molar-refractivity contribution is 5.97. The molecule has 0 saturated carbocycles. The molecule has 0 aliphatic carbocycles. The van der Waals surface area contributed by atoms with E-state index in [1.807, 2.05) is 42.5 Å². The molecule has 0 atom stereocenters. The van der Waals surface area contributed by atoms with Gasteiger partial charge in [-0.1, -0.05) is 44.2 Å². The van der Waals surface area contributed by atoms with Crippen LogP contribution < -0.4 is 5.32 Å². The molecule has 0 aliphatic heterocycles. The first kappa shape index (κ1) is 20.1. The predicted molar refractivity (Wildman–Crippen MR) is 110 cm³/mol. The van der Waals surface area contributed by atoms with Crippen LogP contribution in [0.2, 0.25) is 0 Å². The van der Waals surface area contributed by atoms with Crippen LogP contribution in [0.1, 0.15) is 36.5 Å². The number of carbonyl (C=O) groups excluding carboxylic acids is 2. The van der Waals surface area contributed by atoms with Crippen LogP contribution >= 0.6 is 0 Å². The fraction of sp³-hybridized carbons (Fsp3) is 0.227. The van der Waals surface area contributed by atoms with E-state index in [0.717, 1.165) is 27.6 Å². The maximum Gasteiger partial charge on any atom is 0.412 e. The lowest BCUT2D eigenvalue weighted by Crippen LogP contribution is -2.28. The molecule has 2 aromatic carbocycles. The number of alkyl carbamates (subject to hydrolysis) is 1. The normalized spacial score (nSPS) is 11.5. The van der Waals surface area contributed by atoms with Gasteiger partial charge in [0.1, 0.15) is 12.3 Å². The van der Waals surface area contributed by atoms with Gasteiger partial charge in [0.15, 0.2) is 0 Å². The second-order valence-corrected chi connectivity index (χ2v) is 6.84. The Kier molecular flexibility index (Phi) is 6.29. The summed E-state index contributed by atoms with van der Waals surface area (Å²) >= 11 is 0. The van der Waals surface area contributed by atoms with E-state index >= 15 is 0 Å². The number of ether oxygens (including phenoxy) is 2. The molecule has 7 nitrogen and oxygen atoms in total. The molecule has 150 valence electrons. The molecule has 0 saturated heterocycles.